The number of nitrogens with zero attached hydrogens (tertiary/aromatic N) is 2. The number of guanidine groups is 1. The van der Waals surface area contributed by atoms with Crippen LogP contribution in [0, 0.1) is 0 Å². The van der Waals surface area contributed by atoms with E-state index in [1.807, 2.05) is 6.92 Å². The Bertz CT molecular complexity index is 1260. The summed E-state index contributed by atoms with van der Waals surface area (Å²) in [6, 6.07) is 4.83. The molecule has 0 saturated heterocycles. The van der Waals surface area contributed by atoms with Crippen LogP contribution in [0.3, 0.4) is 0 Å². The molecule has 0 saturated carbocycles. The first-order chi connectivity index (χ1) is 21.4. The number of hydrogen-bond donors (Lipinski definition) is 6. The lowest BCUT2D eigenvalue weighted by Gasteiger charge is -2.30. The maximum atomic E-state index is 13.2. The lowest BCUT2D eigenvalue weighted by atomic mass is 10.2. The van der Waals surface area contributed by atoms with Crippen molar-refractivity contribution in [2.75, 3.05) is 45.9 Å². The molecule has 1 heterocycles. The highest BCUT2D eigenvalue weighted by atomic mass is 32.2. The third kappa shape index (κ3) is 13.6. The largest absolute Gasteiger partial charge is 0.492 e. The summed E-state index contributed by atoms with van der Waals surface area (Å²) in [5, 5.41) is 9.34. The highest BCUT2D eigenvalue weighted by Gasteiger charge is 2.34. The van der Waals surface area contributed by atoms with Crippen LogP contribution >= 0.6 is 0 Å². The molecule has 0 radical (unpaired) electrons. The van der Waals surface area contributed by atoms with Crippen LogP contribution in [0.15, 0.2) is 29.3 Å². The van der Waals surface area contributed by atoms with E-state index in [1.165, 1.54) is 31.2 Å². The first-order valence-corrected chi connectivity index (χ1v) is 16.2. The third-order valence-corrected chi connectivity index (χ3v) is 8.40. The van der Waals surface area contributed by atoms with Gasteiger partial charge in [0.2, 0.25) is 10.0 Å². The molecule has 0 aromatic heterocycles. The monoisotopic (exact) mass is 656 g/mol. The summed E-state index contributed by atoms with van der Waals surface area (Å²) in [4.78, 5) is 52.5. The van der Waals surface area contributed by atoms with Crippen LogP contribution < -0.4 is 37.5 Å². The van der Waals surface area contributed by atoms with Gasteiger partial charge in [0.05, 0.1) is 31.3 Å². The SMILES string of the molecule is CCCCOC(=O)NCCCN([C@H](N)CC(=O)OC(=O)c1ccc(OCCNC2=NCCCN2)cc1)S(=O)(=O)C(C)NC(N)=O. The zero-order valence-electron chi connectivity index (χ0n) is 25.6. The number of alkyl carbamates (subject to hydrolysis) is 1. The Hall–Kier alpha value is -4.16. The molecule has 1 unspecified atom stereocenters. The van der Waals surface area contributed by atoms with Crippen LogP contribution in [-0.2, 0) is 24.3 Å². The van der Waals surface area contributed by atoms with E-state index in [0.717, 1.165) is 36.2 Å². The highest BCUT2D eigenvalue weighted by molar-refractivity contribution is 7.89. The number of ether oxygens (including phenoxy) is 3. The smallest absolute Gasteiger partial charge is 0.407 e. The van der Waals surface area contributed by atoms with Gasteiger partial charge in [0.15, 0.2) is 5.96 Å². The first kappa shape index (κ1) is 37.0. The number of nitrogens with two attached hydrogens (primary N) is 2. The average molecular weight is 657 g/mol. The Morgan fingerprint density at radius 2 is 1.84 bits per heavy atom. The van der Waals surface area contributed by atoms with Crippen molar-refractivity contribution in [3.05, 3.63) is 29.8 Å². The summed E-state index contributed by atoms with van der Waals surface area (Å²) in [5.74, 6) is -0.831. The molecule has 2 rings (SSSR count). The van der Waals surface area contributed by atoms with E-state index in [0.29, 0.717) is 25.3 Å². The van der Waals surface area contributed by atoms with E-state index in [4.69, 9.17) is 25.7 Å². The lowest BCUT2D eigenvalue weighted by Crippen LogP contribution is -2.54. The van der Waals surface area contributed by atoms with Crippen molar-refractivity contribution in [2.24, 2.45) is 16.5 Å². The molecule has 8 N–H and O–H groups in total. The lowest BCUT2D eigenvalue weighted by molar-refractivity contribution is -0.138. The molecule has 1 aromatic rings. The van der Waals surface area contributed by atoms with Gasteiger partial charge in [-0.15, -0.1) is 0 Å². The molecular weight excluding hydrogens is 612 g/mol. The molecule has 18 heteroatoms. The fourth-order valence-corrected chi connectivity index (χ4v) is 5.41. The van der Waals surface area contributed by atoms with Gasteiger partial charge in [0, 0.05) is 26.2 Å². The number of primary amides is 1. The predicted molar refractivity (Wildman–Crippen MR) is 165 cm³/mol. The molecule has 252 valence electrons. The molecule has 1 aliphatic rings. The van der Waals surface area contributed by atoms with Crippen LogP contribution in [0.25, 0.3) is 0 Å². The van der Waals surface area contributed by atoms with Crippen molar-refractivity contribution in [3.63, 3.8) is 0 Å². The summed E-state index contributed by atoms with van der Waals surface area (Å²) in [6.45, 7) is 5.64. The number of unbranched alkanes of at least 4 members (excludes halogenated alkanes) is 1. The van der Waals surface area contributed by atoms with Crippen molar-refractivity contribution in [1.82, 2.24) is 25.6 Å². The molecule has 2 atom stereocenters. The number of aliphatic imine (C=N–C) groups is 1. The zero-order chi connectivity index (χ0) is 33.2. The van der Waals surface area contributed by atoms with Crippen molar-refractivity contribution < 1.29 is 41.8 Å². The third-order valence-electron chi connectivity index (χ3n) is 6.28. The molecule has 0 aliphatic carbocycles. The quantitative estimate of drug-likeness (QED) is 0.0526. The molecule has 0 bridgehead atoms. The Morgan fingerprint density at radius 1 is 1.11 bits per heavy atom. The number of sulfonamides is 1. The normalized spacial score (nSPS) is 14.3. The second kappa shape index (κ2) is 19.3. The Kier molecular flexibility index (Phi) is 15.9. The van der Waals surface area contributed by atoms with E-state index in [2.05, 4.69) is 26.3 Å². The van der Waals surface area contributed by atoms with Crippen LogP contribution in [0.4, 0.5) is 9.59 Å². The van der Waals surface area contributed by atoms with Crippen LogP contribution in [0.1, 0.15) is 56.3 Å². The summed E-state index contributed by atoms with van der Waals surface area (Å²) >= 11 is 0. The minimum atomic E-state index is -4.33. The van der Waals surface area contributed by atoms with Crippen molar-refractivity contribution >= 4 is 40.0 Å². The van der Waals surface area contributed by atoms with Gasteiger partial charge in [-0.25, -0.2) is 22.8 Å². The topological polar surface area (TPSA) is 246 Å². The van der Waals surface area contributed by atoms with Crippen molar-refractivity contribution in [3.8, 4) is 5.75 Å². The van der Waals surface area contributed by atoms with Crippen molar-refractivity contribution in [2.45, 2.75) is 57.5 Å². The van der Waals surface area contributed by atoms with Crippen LogP contribution in [0.5, 0.6) is 5.75 Å². The molecule has 3 amide bonds. The van der Waals surface area contributed by atoms with Gasteiger partial charge in [-0.05, 0) is 50.5 Å². The van der Waals surface area contributed by atoms with E-state index < -0.39 is 52.0 Å². The highest BCUT2D eigenvalue weighted by Crippen LogP contribution is 2.15. The minimum absolute atomic E-state index is 0.0347. The van der Waals surface area contributed by atoms with Crippen LogP contribution in [0.2, 0.25) is 0 Å². The first-order valence-electron chi connectivity index (χ1n) is 14.7. The Balaban J connectivity index is 1.91. The van der Waals surface area contributed by atoms with Crippen molar-refractivity contribution in [1.29, 1.82) is 0 Å². The van der Waals surface area contributed by atoms with Gasteiger partial charge in [-0.1, -0.05) is 13.3 Å². The molecule has 0 fully saturated rings. The summed E-state index contributed by atoms with van der Waals surface area (Å²) < 4.78 is 42.6. The summed E-state index contributed by atoms with van der Waals surface area (Å²) in [6.07, 6.45) is -0.195. The number of hydrogen-bond acceptors (Lipinski definition) is 13. The van der Waals surface area contributed by atoms with Crippen LogP contribution in [-0.4, -0.2) is 100 Å². The number of benzene rings is 1. The van der Waals surface area contributed by atoms with Gasteiger partial charge in [0.1, 0.15) is 17.7 Å². The molecule has 45 heavy (non-hydrogen) atoms. The van der Waals surface area contributed by atoms with Gasteiger partial charge < -0.3 is 46.9 Å². The summed E-state index contributed by atoms with van der Waals surface area (Å²) in [5.41, 5.74) is 11.2. The molecular formula is C27H44N8O9S. The number of carbonyl (C=O) groups is 4. The van der Waals surface area contributed by atoms with E-state index in [1.54, 1.807) is 0 Å². The average Bonchev–Trinajstić information content (AvgIpc) is 2.99. The van der Waals surface area contributed by atoms with Gasteiger partial charge >= 0.3 is 24.1 Å². The summed E-state index contributed by atoms with van der Waals surface area (Å²) in [7, 11) is -4.33. The molecule has 1 aromatic carbocycles. The number of esters is 2. The second-order valence-corrected chi connectivity index (χ2v) is 12.1. The number of carbonyl (C=O) groups excluding carboxylic acids is 4. The maximum Gasteiger partial charge on any atom is 0.407 e. The van der Waals surface area contributed by atoms with E-state index in [-0.39, 0.29) is 31.7 Å². The molecule has 1 aliphatic heterocycles. The van der Waals surface area contributed by atoms with Gasteiger partial charge in [-0.2, -0.15) is 4.31 Å². The fraction of sp³-hybridized carbons (Fsp3) is 0.593. The maximum absolute atomic E-state index is 13.2. The Labute approximate surface area is 262 Å². The minimum Gasteiger partial charge on any atom is -0.492 e. The Morgan fingerprint density at radius 3 is 2.49 bits per heavy atom. The van der Waals surface area contributed by atoms with E-state index >= 15 is 0 Å². The number of nitrogens with one attached hydrogen (secondary N) is 4. The number of rotatable bonds is 18. The standard InChI is InChI=1S/C27H44N8O9S/c1-3-4-16-43-27(39)33-13-6-15-35(45(40,41)19(2)34-25(29)38)22(28)18-23(36)44-24(37)20-7-9-21(10-8-20)42-17-14-32-26-30-11-5-12-31-26/h7-10,19,22H,3-6,11-18,28H2,1-2H3,(H,33,39)(H3,29,34,38)(H2,30,31,32)/t19?,22-/m0/s1. The van der Waals surface area contributed by atoms with Gasteiger partial charge in [-0.3, -0.25) is 9.79 Å². The zero-order valence-corrected chi connectivity index (χ0v) is 26.4. The van der Waals surface area contributed by atoms with Gasteiger partial charge in [0.25, 0.3) is 0 Å². The molecule has 17 nitrogen and oxygen atoms in total. The fourth-order valence-electron chi connectivity index (χ4n) is 3.90. The number of urea groups is 1. The molecule has 0 spiro atoms. The number of amides is 3. The predicted octanol–water partition coefficient (Wildman–Crippen LogP) is -0.0749. The van der Waals surface area contributed by atoms with E-state index in [9.17, 15) is 27.6 Å². The second-order valence-electron chi connectivity index (χ2n) is 9.92.